The van der Waals surface area contributed by atoms with E-state index in [2.05, 4.69) is 22.0 Å². The summed E-state index contributed by atoms with van der Waals surface area (Å²) >= 11 is 0. The molecule has 132 valence electrons. The smallest absolute Gasteiger partial charge is 0.227 e. The molecule has 1 aromatic heterocycles. The number of likely N-dealkylation sites (tertiary alicyclic amines) is 1. The van der Waals surface area contributed by atoms with Crippen LogP contribution in [0.1, 0.15) is 37.6 Å². The van der Waals surface area contributed by atoms with Crippen molar-refractivity contribution in [2.75, 3.05) is 6.54 Å². The van der Waals surface area contributed by atoms with Crippen LogP contribution in [-0.2, 0) is 24.2 Å². The SMILES string of the molecule is CC1(Cc2ccc(F)cc2)CCCN1C(=O)C1CCc2nncn2C1. The summed E-state index contributed by atoms with van der Waals surface area (Å²) in [5.74, 6) is 0.982. The number of aromatic nitrogens is 3. The fourth-order valence-electron chi connectivity index (χ4n) is 4.30. The highest BCUT2D eigenvalue weighted by atomic mass is 19.1. The molecule has 1 fully saturated rings. The third kappa shape index (κ3) is 3.05. The molecule has 6 heteroatoms. The molecular formula is C19H23FN4O. The molecule has 4 rings (SSSR count). The van der Waals surface area contributed by atoms with E-state index >= 15 is 0 Å². The summed E-state index contributed by atoms with van der Waals surface area (Å²) in [6.07, 6.45) is 6.13. The Labute approximate surface area is 146 Å². The molecule has 1 aromatic carbocycles. The Balaban J connectivity index is 1.50. The number of aryl methyl sites for hydroxylation is 1. The molecule has 3 heterocycles. The van der Waals surface area contributed by atoms with Gasteiger partial charge in [-0.25, -0.2) is 4.39 Å². The predicted molar refractivity (Wildman–Crippen MR) is 91.3 cm³/mol. The maximum absolute atomic E-state index is 13.2. The number of rotatable bonds is 3. The average molecular weight is 342 g/mol. The summed E-state index contributed by atoms with van der Waals surface area (Å²) < 4.78 is 15.2. The van der Waals surface area contributed by atoms with Gasteiger partial charge in [-0.05, 0) is 50.3 Å². The minimum atomic E-state index is -0.222. The zero-order valence-corrected chi connectivity index (χ0v) is 14.5. The number of hydrogen-bond donors (Lipinski definition) is 0. The highest BCUT2D eigenvalue weighted by Crippen LogP contribution is 2.35. The van der Waals surface area contributed by atoms with Crippen LogP contribution in [0.4, 0.5) is 4.39 Å². The van der Waals surface area contributed by atoms with Crippen molar-refractivity contribution in [3.63, 3.8) is 0 Å². The molecule has 2 unspecified atom stereocenters. The van der Waals surface area contributed by atoms with Crippen LogP contribution in [-0.4, -0.2) is 37.7 Å². The average Bonchev–Trinajstić information content (AvgIpc) is 3.22. The second-order valence-corrected chi connectivity index (χ2v) is 7.53. The van der Waals surface area contributed by atoms with Crippen molar-refractivity contribution in [3.8, 4) is 0 Å². The molecule has 0 N–H and O–H groups in total. The summed E-state index contributed by atoms with van der Waals surface area (Å²) in [5, 5.41) is 8.04. The van der Waals surface area contributed by atoms with Crippen molar-refractivity contribution in [3.05, 3.63) is 47.8 Å². The highest BCUT2D eigenvalue weighted by molar-refractivity contribution is 5.80. The van der Waals surface area contributed by atoms with Gasteiger partial charge in [0.25, 0.3) is 0 Å². The molecule has 1 saturated heterocycles. The van der Waals surface area contributed by atoms with Crippen molar-refractivity contribution < 1.29 is 9.18 Å². The maximum atomic E-state index is 13.2. The zero-order valence-electron chi connectivity index (χ0n) is 14.5. The van der Waals surface area contributed by atoms with E-state index < -0.39 is 0 Å². The van der Waals surface area contributed by atoms with Crippen LogP contribution in [0, 0.1) is 11.7 Å². The first kappa shape index (κ1) is 16.2. The van der Waals surface area contributed by atoms with Gasteiger partial charge in [-0.15, -0.1) is 10.2 Å². The Hall–Kier alpha value is -2.24. The highest BCUT2D eigenvalue weighted by Gasteiger charge is 2.42. The summed E-state index contributed by atoms with van der Waals surface area (Å²) in [6, 6.07) is 6.64. The lowest BCUT2D eigenvalue weighted by molar-refractivity contribution is -0.140. The summed E-state index contributed by atoms with van der Waals surface area (Å²) in [6.45, 7) is 3.64. The van der Waals surface area contributed by atoms with Crippen LogP contribution in [0.2, 0.25) is 0 Å². The van der Waals surface area contributed by atoms with E-state index in [9.17, 15) is 9.18 Å². The maximum Gasteiger partial charge on any atom is 0.227 e. The number of benzene rings is 1. The fraction of sp³-hybridized carbons (Fsp3) is 0.526. The van der Waals surface area contributed by atoms with Crippen LogP contribution >= 0.6 is 0 Å². The number of fused-ring (bicyclic) bond motifs is 1. The second-order valence-electron chi connectivity index (χ2n) is 7.53. The lowest BCUT2D eigenvalue weighted by Gasteiger charge is -2.38. The number of hydrogen-bond acceptors (Lipinski definition) is 3. The molecule has 2 atom stereocenters. The van der Waals surface area contributed by atoms with Crippen LogP contribution < -0.4 is 0 Å². The summed E-state index contributed by atoms with van der Waals surface area (Å²) in [4.78, 5) is 15.3. The van der Waals surface area contributed by atoms with Crippen molar-refractivity contribution >= 4 is 5.91 Å². The number of carbonyl (C=O) groups is 1. The number of carbonyl (C=O) groups excluding carboxylic acids is 1. The molecule has 0 saturated carbocycles. The van der Waals surface area contributed by atoms with Gasteiger partial charge in [0.05, 0.1) is 5.92 Å². The van der Waals surface area contributed by atoms with Gasteiger partial charge in [-0.3, -0.25) is 4.79 Å². The van der Waals surface area contributed by atoms with Crippen molar-refractivity contribution in [2.45, 2.75) is 51.1 Å². The van der Waals surface area contributed by atoms with E-state index in [-0.39, 0.29) is 23.2 Å². The molecule has 2 aromatic rings. The van der Waals surface area contributed by atoms with Crippen molar-refractivity contribution in [1.82, 2.24) is 19.7 Å². The number of amides is 1. The lowest BCUT2D eigenvalue weighted by atomic mass is 9.88. The fourth-order valence-corrected chi connectivity index (χ4v) is 4.30. The van der Waals surface area contributed by atoms with E-state index in [1.807, 2.05) is 16.7 Å². The largest absolute Gasteiger partial charge is 0.337 e. The second kappa shape index (κ2) is 6.24. The van der Waals surface area contributed by atoms with Gasteiger partial charge >= 0.3 is 0 Å². The van der Waals surface area contributed by atoms with E-state index in [1.165, 1.54) is 12.1 Å². The minimum absolute atomic E-state index is 0.00542. The Morgan fingerprint density at radius 2 is 2.16 bits per heavy atom. The van der Waals surface area contributed by atoms with Gasteiger partial charge in [-0.2, -0.15) is 0 Å². The van der Waals surface area contributed by atoms with Crippen molar-refractivity contribution in [1.29, 1.82) is 0 Å². The Bertz CT molecular complexity index is 772. The topological polar surface area (TPSA) is 51.0 Å². The Kier molecular flexibility index (Phi) is 4.06. The summed E-state index contributed by atoms with van der Waals surface area (Å²) in [5.41, 5.74) is 0.885. The molecule has 1 amide bonds. The number of nitrogens with zero attached hydrogens (tertiary/aromatic N) is 4. The Morgan fingerprint density at radius 3 is 2.96 bits per heavy atom. The Morgan fingerprint density at radius 1 is 1.36 bits per heavy atom. The zero-order chi connectivity index (χ0) is 17.4. The van der Waals surface area contributed by atoms with E-state index in [1.54, 1.807) is 6.33 Å². The molecule has 0 radical (unpaired) electrons. The first-order valence-corrected chi connectivity index (χ1v) is 8.98. The monoisotopic (exact) mass is 342 g/mol. The standard InChI is InChI=1S/C19H23FN4O/c1-19(11-14-3-6-16(20)7-4-14)9-2-10-24(19)18(25)15-5-8-17-22-21-13-23(17)12-15/h3-4,6-7,13,15H,2,5,8-12H2,1H3. The third-order valence-corrected chi connectivity index (χ3v) is 5.69. The van der Waals surface area contributed by atoms with E-state index in [4.69, 9.17) is 0 Å². The molecule has 5 nitrogen and oxygen atoms in total. The van der Waals surface area contributed by atoms with Gasteiger partial charge in [0.1, 0.15) is 18.0 Å². The van der Waals surface area contributed by atoms with Gasteiger partial charge in [0, 0.05) is 25.0 Å². The first-order valence-electron chi connectivity index (χ1n) is 8.98. The van der Waals surface area contributed by atoms with Gasteiger partial charge < -0.3 is 9.47 Å². The quantitative estimate of drug-likeness (QED) is 0.861. The van der Waals surface area contributed by atoms with E-state index in [0.717, 1.165) is 50.0 Å². The molecule has 2 aliphatic heterocycles. The molecular weight excluding hydrogens is 319 g/mol. The van der Waals surface area contributed by atoms with Crippen LogP contribution in [0.25, 0.3) is 0 Å². The normalized spacial score (nSPS) is 25.8. The minimum Gasteiger partial charge on any atom is -0.337 e. The van der Waals surface area contributed by atoms with Gasteiger partial charge in [0.15, 0.2) is 0 Å². The third-order valence-electron chi connectivity index (χ3n) is 5.69. The molecule has 25 heavy (non-hydrogen) atoms. The first-order chi connectivity index (χ1) is 12.0. The molecule has 2 aliphatic rings. The van der Waals surface area contributed by atoms with Crippen LogP contribution in [0.3, 0.4) is 0 Å². The molecule has 0 aliphatic carbocycles. The lowest BCUT2D eigenvalue weighted by Crippen LogP contribution is -2.50. The van der Waals surface area contributed by atoms with Gasteiger partial charge in [0.2, 0.25) is 5.91 Å². The van der Waals surface area contributed by atoms with E-state index in [0.29, 0.717) is 6.54 Å². The van der Waals surface area contributed by atoms with Crippen LogP contribution in [0.15, 0.2) is 30.6 Å². The molecule has 0 bridgehead atoms. The van der Waals surface area contributed by atoms with Crippen molar-refractivity contribution in [2.24, 2.45) is 5.92 Å². The summed E-state index contributed by atoms with van der Waals surface area (Å²) in [7, 11) is 0. The van der Waals surface area contributed by atoms with Gasteiger partial charge in [-0.1, -0.05) is 12.1 Å². The number of halogens is 1. The van der Waals surface area contributed by atoms with Crippen LogP contribution in [0.5, 0.6) is 0 Å². The molecule has 0 spiro atoms. The predicted octanol–water partition coefficient (Wildman–Crippen LogP) is 2.60.